The molecular weight excluding hydrogens is 460 g/mol. The summed E-state index contributed by atoms with van der Waals surface area (Å²) in [5.41, 5.74) is 2.42. The van der Waals surface area contributed by atoms with Crippen LogP contribution in [0.1, 0.15) is 11.1 Å². The number of nitrogens with zero attached hydrogens (tertiary/aromatic N) is 1. The smallest absolute Gasteiger partial charge is 0.339 e. The molecular formula is C24H20N2O5S2. The van der Waals surface area contributed by atoms with E-state index in [1.807, 2.05) is 31.2 Å². The van der Waals surface area contributed by atoms with Crippen LogP contribution in [0.5, 0.6) is 11.5 Å². The summed E-state index contributed by atoms with van der Waals surface area (Å²) in [4.78, 5) is 17.3. The molecule has 0 aliphatic carbocycles. The van der Waals surface area contributed by atoms with Gasteiger partial charge in [0.05, 0.1) is 17.7 Å². The number of amides is 1. The number of aryl methyl sites for hydroxylation is 1. The number of hydrogen-bond donors (Lipinski definition) is 1. The van der Waals surface area contributed by atoms with Gasteiger partial charge >= 0.3 is 10.1 Å². The van der Waals surface area contributed by atoms with E-state index in [1.165, 1.54) is 37.1 Å². The highest BCUT2D eigenvalue weighted by Crippen LogP contribution is 2.33. The molecule has 7 nitrogen and oxygen atoms in total. The van der Waals surface area contributed by atoms with Crippen molar-refractivity contribution >= 4 is 44.7 Å². The molecule has 1 fully saturated rings. The van der Waals surface area contributed by atoms with Crippen molar-refractivity contribution < 1.29 is 22.1 Å². The van der Waals surface area contributed by atoms with Crippen LogP contribution in [0.15, 0.2) is 87.6 Å². The van der Waals surface area contributed by atoms with E-state index in [2.05, 4.69) is 10.3 Å². The molecule has 0 aromatic heterocycles. The van der Waals surface area contributed by atoms with Crippen molar-refractivity contribution in [3.05, 3.63) is 88.8 Å². The monoisotopic (exact) mass is 480 g/mol. The topological polar surface area (TPSA) is 94.1 Å². The number of methoxy groups -OCH3 is 1. The van der Waals surface area contributed by atoms with Gasteiger partial charge in [-0.15, -0.1) is 0 Å². The summed E-state index contributed by atoms with van der Waals surface area (Å²) in [6.07, 6.45) is 1.64. The number of ether oxygens (including phenoxy) is 1. The summed E-state index contributed by atoms with van der Waals surface area (Å²) < 4.78 is 35.9. The molecule has 0 radical (unpaired) electrons. The fourth-order valence-corrected chi connectivity index (χ4v) is 4.77. The largest absolute Gasteiger partial charge is 0.493 e. The molecule has 1 amide bonds. The lowest BCUT2D eigenvalue weighted by molar-refractivity contribution is -0.115. The van der Waals surface area contributed by atoms with Crippen molar-refractivity contribution in [2.75, 3.05) is 7.11 Å². The molecule has 33 heavy (non-hydrogen) atoms. The van der Waals surface area contributed by atoms with Crippen LogP contribution in [0.25, 0.3) is 6.08 Å². The van der Waals surface area contributed by atoms with Crippen LogP contribution in [-0.4, -0.2) is 26.6 Å². The lowest BCUT2D eigenvalue weighted by Gasteiger charge is -2.11. The number of benzene rings is 3. The third-order valence-electron chi connectivity index (χ3n) is 4.63. The maximum Gasteiger partial charge on any atom is 0.339 e. The summed E-state index contributed by atoms with van der Waals surface area (Å²) in [7, 11) is -2.63. The number of carbonyl (C=O) groups excluding carboxylic acids is 1. The van der Waals surface area contributed by atoms with Gasteiger partial charge in [0.15, 0.2) is 16.7 Å². The van der Waals surface area contributed by atoms with Crippen LogP contribution < -0.4 is 14.2 Å². The average molecular weight is 481 g/mol. The molecule has 0 unspecified atom stereocenters. The second-order valence-electron chi connectivity index (χ2n) is 7.08. The number of hydrogen-bond acceptors (Lipinski definition) is 7. The van der Waals surface area contributed by atoms with E-state index in [0.717, 1.165) is 11.3 Å². The van der Waals surface area contributed by atoms with Gasteiger partial charge in [0, 0.05) is 0 Å². The first-order valence-corrected chi connectivity index (χ1v) is 12.1. The van der Waals surface area contributed by atoms with Gasteiger partial charge in [-0.05, 0) is 66.7 Å². The molecule has 168 valence electrons. The third-order valence-corrected chi connectivity index (χ3v) is 6.79. The van der Waals surface area contributed by atoms with Crippen LogP contribution in [0.2, 0.25) is 0 Å². The molecule has 1 aliphatic heterocycles. The van der Waals surface area contributed by atoms with Crippen molar-refractivity contribution in [2.45, 2.75) is 11.8 Å². The molecule has 1 N–H and O–H groups in total. The lowest BCUT2D eigenvalue weighted by atomic mass is 10.2. The molecule has 0 saturated carbocycles. The zero-order valence-electron chi connectivity index (χ0n) is 17.8. The van der Waals surface area contributed by atoms with Crippen molar-refractivity contribution in [1.82, 2.24) is 5.32 Å². The zero-order chi connectivity index (χ0) is 23.4. The number of nitrogens with one attached hydrogen (secondary N) is 1. The van der Waals surface area contributed by atoms with Gasteiger partial charge < -0.3 is 14.2 Å². The third kappa shape index (κ3) is 5.44. The Morgan fingerprint density at radius 2 is 1.70 bits per heavy atom. The minimum absolute atomic E-state index is 0.0210. The highest BCUT2D eigenvalue weighted by atomic mass is 32.2. The minimum atomic E-state index is -4.05. The van der Waals surface area contributed by atoms with Gasteiger partial charge in [-0.1, -0.05) is 42.0 Å². The second-order valence-corrected chi connectivity index (χ2v) is 9.66. The molecule has 0 spiro atoms. The SMILES string of the molecule is COc1ccc(/C=C2\SC(=Nc3ccc(C)cc3)NC2=O)cc1OS(=O)(=O)c1ccccc1. The van der Waals surface area contributed by atoms with E-state index < -0.39 is 10.1 Å². The van der Waals surface area contributed by atoms with Gasteiger partial charge in [-0.25, -0.2) is 4.99 Å². The molecule has 1 saturated heterocycles. The Morgan fingerprint density at radius 1 is 0.970 bits per heavy atom. The van der Waals surface area contributed by atoms with E-state index >= 15 is 0 Å². The molecule has 4 rings (SSSR count). The summed E-state index contributed by atoms with van der Waals surface area (Å²) in [5.74, 6) is -0.0180. The quantitative estimate of drug-likeness (QED) is 0.407. The predicted molar refractivity (Wildman–Crippen MR) is 129 cm³/mol. The Kier molecular flexibility index (Phi) is 6.52. The Labute approximate surface area is 196 Å². The lowest BCUT2D eigenvalue weighted by Crippen LogP contribution is -2.19. The maximum absolute atomic E-state index is 12.6. The summed E-state index contributed by atoms with van der Waals surface area (Å²) in [5, 5.41) is 3.20. The van der Waals surface area contributed by atoms with Crippen LogP contribution in [0.3, 0.4) is 0 Å². The Balaban J connectivity index is 1.59. The highest BCUT2D eigenvalue weighted by molar-refractivity contribution is 8.18. The number of carbonyl (C=O) groups is 1. The van der Waals surface area contributed by atoms with E-state index in [4.69, 9.17) is 8.92 Å². The molecule has 1 aliphatic rings. The van der Waals surface area contributed by atoms with Gasteiger partial charge in [-0.3, -0.25) is 4.79 Å². The van der Waals surface area contributed by atoms with Crippen LogP contribution >= 0.6 is 11.8 Å². The average Bonchev–Trinajstić information content (AvgIpc) is 3.14. The summed E-state index contributed by atoms with van der Waals surface area (Å²) >= 11 is 1.20. The Hall–Kier alpha value is -3.56. The minimum Gasteiger partial charge on any atom is -0.493 e. The second kappa shape index (κ2) is 9.51. The highest BCUT2D eigenvalue weighted by Gasteiger charge is 2.24. The normalized spacial score (nSPS) is 16.1. The number of amidine groups is 1. The number of rotatable bonds is 6. The molecule has 0 bridgehead atoms. The summed E-state index contributed by atoms with van der Waals surface area (Å²) in [6, 6.07) is 20.3. The van der Waals surface area contributed by atoms with E-state index in [9.17, 15) is 13.2 Å². The van der Waals surface area contributed by atoms with E-state index in [-0.39, 0.29) is 22.3 Å². The van der Waals surface area contributed by atoms with Gasteiger partial charge in [0.1, 0.15) is 4.90 Å². The van der Waals surface area contributed by atoms with Crippen molar-refractivity contribution in [3.8, 4) is 11.5 Å². The van der Waals surface area contributed by atoms with E-state index in [1.54, 1.807) is 36.4 Å². The fourth-order valence-electron chi connectivity index (χ4n) is 2.97. The standard InChI is InChI=1S/C24H20N2O5S2/c1-16-8-11-18(12-9-16)25-24-26-23(27)22(32-24)15-17-10-13-20(30-2)21(14-17)31-33(28,29)19-6-4-3-5-7-19/h3-15H,1-2H3,(H,25,26,27)/b22-15-. The molecule has 3 aromatic rings. The van der Waals surface area contributed by atoms with Crippen LogP contribution in [0, 0.1) is 6.92 Å². The predicted octanol–water partition coefficient (Wildman–Crippen LogP) is 4.66. The first kappa shape index (κ1) is 22.6. The molecule has 3 aromatic carbocycles. The van der Waals surface area contributed by atoms with Crippen LogP contribution in [0.4, 0.5) is 5.69 Å². The molecule has 1 heterocycles. The van der Waals surface area contributed by atoms with Gasteiger partial charge in [0.2, 0.25) is 0 Å². The van der Waals surface area contributed by atoms with Gasteiger partial charge in [-0.2, -0.15) is 8.42 Å². The summed E-state index contributed by atoms with van der Waals surface area (Å²) in [6.45, 7) is 1.99. The maximum atomic E-state index is 12.6. The molecule has 0 atom stereocenters. The Morgan fingerprint density at radius 3 is 2.39 bits per heavy atom. The first-order valence-electron chi connectivity index (χ1n) is 9.88. The number of aliphatic imine (C=N–C) groups is 1. The fraction of sp³-hybridized carbons (Fsp3) is 0.0833. The van der Waals surface area contributed by atoms with Crippen molar-refractivity contribution in [1.29, 1.82) is 0 Å². The Bertz CT molecular complexity index is 1350. The van der Waals surface area contributed by atoms with Gasteiger partial charge in [0.25, 0.3) is 5.91 Å². The first-order chi connectivity index (χ1) is 15.8. The molecule has 9 heteroatoms. The zero-order valence-corrected chi connectivity index (χ0v) is 19.4. The van der Waals surface area contributed by atoms with E-state index in [0.29, 0.717) is 15.6 Å². The van der Waals surface area contributed by atoms with Crippen molar-refractivity contribution in [3.63, 3.8) is 0 Å². The van der Waals surface area contributed by atoms with Crippen LogP contribution in [-0.2, 0) is 14.9 Å². The number of thioether (sulfide) groups is 1. The van der Waals surface area contributed by atoms with Crippen molar-refractivity contribution in [2.24, 2.45) is 4.99 Å².